The number of halogens is 4. The van der Waals surface area contributed by atoms with Gasteiger partial charge in [-0.2, -0.15) is 13.2 Å². The fraction of sp³-hybridized carbons (Fsp3) is 0.250. The molecule has 0 N–H and O–H groups in total. The van der Waals surface area contributed by atoms with Crippen molar-refractivity contribution in [1.82, 2.24) is 9.88 Å². The number of alkyl halides is 3. The Morgan fingerprint density at radius 3 is 2.43 bits per heavy atom. The molecule has 0 aliphatic rings. The summed E-state index contributed by atoms with van der Waals surface area (Å²) in [6.07, 6.45) is -3.05. The lowest BCUT2D eigenvalue weighted by Crippen LogP contribution is -2.44. The summed E-state index contributed by atoms with van der Waals surface area (Å²) in [4.78, 5) is 16.7. The molecule has 1 unspecified atom stereocenters. The lowest BCUT2D eigenvalue weighted by Gasteiger charge is -2.26. The number of hydrogen-bond acceptors (Lipinski definition) is 2. The van der Waals surface area contributed by atoms with E-state index in [2.05, 4.69) is 4.98 Å². The predicted octanol–water partition coefficient (Wildman–Crippen LogP) is 4.42. The molecule has 23 heavy (non-hydrogen) atoms. The molecule has 1 aromatic heterocycles. The van der Waals surface area contributed by atoms with Crippen molar-refractivity contribution in [2.45, 2.75) is 19.1 Å². The van der Waals surface area contributed by atoms with Crippen molar-refractivity contribution < 1.29 is 18.0 Å². The zero-order valence-electron chi connectivity index (χ0n) is 12.4. The Bertz CT molecular complexity index is 701. The number of nitrogens with zero attached hydrogens (tertiary/aromatic N) is 2. The van der Waals surface area contributed by atoms with Crippen LogP contribution >= 0.6 is 11.6 Å². The number of pyridine rings is 1. The third-order valence-corrected chi connectivity index (χ3v) is 3.75. The van der Waals surface area contributed by atoms with Gasteiger partial charge in [0.25, 0.3) is 5.91 Å². The molecule has 1 atom stereocenters. The van der Waals surface area contributed by atoms with Crippen molar-refractivity contribution in [3.63, 3.8) is 0 Å². The molecule has 1 aromatic carbocycles. The average Bonchev–Trinajstić information content (AvgIpc) is 2.52. The first kappa shape index (κ1) is 17.3. The number of amides is 1. The van der Waals surface area contributed by atoms with Gasteiger partial charge in [-0.05, 0) is 30.7 Å². The summed E-state index contributed by atoms with van der Waals surface area (Å²) in [6.45, 7) is 0.929. The van der Waals surface area contributed by atoms with Crippen LogP contribution in [0.25, 0.3) is 11.1 Å². The van der Waals surface area contributed by atoms with Gasteiger partial charge in [0.15, 0.2) is 0 Å². The first-order valence-electron chi connectivity index (χ1n) is 6.76. The Hall–Kier alpha value is -2.08. The van der Waals surface area contributed by atoms with Crippen LogP contribution in [-0.2, 0) is 0 Å². The molecule has 0 aliphatic carbocycles. The van der Waals surface area contributed by atoms with Crippen molar-refractivity contribution in [2.24, 2.45) is 0 Å². The Balaban J connectivity index is 2.21. The summed E-state index contributed by atoms with van der Waals surface area (Å²) in [7, 11) is 1.10. The highest BCUT2D eigenvalue weighted by molar-refractivity contribution is 6.30. The van der Waals surface area contributed by atoms with E-state index in [0.29, 0.717) is 9.92 Å². The second-order valence-electron chi connectivity index (χ2n) is 5.08. The molecule has 7 heteroatoms. The molecule has 2 rings (SSSR count). The van der Waals surface area contributed by atoms with Crippen LogP contribution < -0.4 is 0 Å². The molecule has 0 spiro atoms. The summed E-state index contributed by atoms with van der Waals surface area (Å²) in [6, 6.07) is 8.19. The van der Waals surface area contributed by atoms with Crippen molar-refractivity contribution in [2.75, 3.05) is 7.05 Å². The second kappa shape index (κ2) is 6.58. The van der Waals surface area contributed by atoms with Gasteiger partial charge in [0.05, 0.1) is 0 Å². The van der Waals surface area contributed by atoms with Crippen molar-refractivity contribution >= 4 is 17.5 Å². The van der Waals surface area contributed by atoms with Crippen LogP contribution in [0.15, 0.2) is 42.6 Å². The predicted molar refractivity (Wildman–Crippen MR) is 82.3 cm³/mol. The largest absolute Gasteiger partial charge is 0.408 e. The molecule has 1 heterocycles. The number of aromatic nitrogens is 1. The Labute approximate surface area is 136 Å². The molecule has 1 amide bonds. The molecule has 0 fully saturated rings. The van der Waals surface area contributed by atoms with E-state index in [1.54, 1.807) is 24.3 Å². The van der Waals surface area contributed by atoms with Gasteiger partial charge in [0, 0.05) is 23.8 Å². The maximum Gasteiger partial charge on any atom is 0.408 e. The lowest BCUT2D eigenvalue weighted by molar-refractivity contribution is -0.169. The first-order valence-corrected chi connectivity index (χ1v) is 7.14. The van der Waals surface area contributed by atoms with Gasteiger partial charge in [0.1, 0.15) is 11.7 Å². The first-order chi connectivity index (χ1) is 10.7. The van der Waals surface area contributed by atoms with E-state index in [1.165, 1.54) is 12.3 Å². The van der Waals surface area contributed by atoms with E-state index in [0.717, 1.165) is 25.1 Å². The van der Waals surface area contributed by atoms with Gasteiger partial charge < -0.3 is 4.90 Å². The van der Waals surface area contributed by atoms with Crippen molar-refractivity contribution in [3.8, 4) is 11.1 Å². The SMILES string of the molecule is CC(N(C)C(=O)c1ccc(-c2cccc(Cl)c2)cn1)C(F)(F)F. The minimum atomic E-state index is -4.48. The number of benzene rings is 1. The minimum absolute atomic E-state index is 0.0469. The zero-order valence-corrected chi connectivity index (χ0v) is 13.2. The second-order valence-corrected chi connectivity index (χ2v) is 5.51. The van der Waals surface area contributed by atoms with Crippen LogP contribution in [0.5, 0.6) is 0 Å². The maximum absolute atomic E-state index is 12.7. The van der Waals surface area contributed by atoms with E-state index in [-0.39, 0.29) is 5.69 Å². The highest BCUT2D eigenvalue weighted by atomic mass is 35.5. The maximum atomic E-state index is 12.7. The quantitative estimate of drug-likeness (QED) is 0.827. The monoisotopic (exact) mass is 342 g/mol. The average molecular weight is 343 g/mol. The minimum Gasteiger partial charge on any atom is -0.329 e. The lowest BCUT2D eigenvalue weighted by atomic mass is 10.1. The molecule has 0 saturated carbocycles. The van der Waals surface area contributed by atoms with Gasteiger partial charge in [-0.1, -0.05) is 29.8 Å². The number of carbonyl (C=O) groups is 1. The summed E-state index contributed by atoms with van der Waals surface area (Å²) in [5.74, 6) is -0.785. The summed E-state index contributed by atoms with van der Waals surface area (Å²) >= 11 is 5.91. The third-order valence-electron chi connectivity index (χ3n) is 3.52. The summed E-state index contributed by atoms with van der Waals surface area (Å²) in [5, 5.41) is 0.557. The van der Waals surface area contributed by atoms with Crippen LogP contribution in [-0.4, -0.2) is 35.1 Å². The normalized spacial score (nSPS) is 12.8. The zero-order chi connectivity index (χ0) is 17.2. The number of hydrogen-bond donors (Lipinski definition) is 0. The molecule has 0 saturated heterocycles. The van der Waals surface area contributed by atoms with E-state index >= 15 is 0 Å². The van der Waals surface area contributed by atoms with Gasteiger partial charge in [-0.3, -0.25) is 9.78 Å². The molecular formula is C16H14ClF3N2O. The Morgan fingerprint density at radius 1 is 1.22 bits per heavy atom. The Kier molecular flexibility index (Phi) is 4.94. The van der Waals surface area contributed by atoms with Gasteiger partial charge >= 0.3 is 6.18 Å². The van der Waals surface area contributed by atoms with Crippen LogP contribution in [0.4, 0.5) is 13.2 Å². The third kappa shape index (κ3) is 4.01. The van der Waals surface area contributed by atoms with Gasteiger partial charge in [0.2, 0.25) is 0 Å². The molecule has 3 nitrogen and oxygen atoms in total. The van der Waals surface area contributed by atoms with Crippen LogP contribution in [0.1, 0.15) is 17.4 Å². The fourth-order valence-electron chi connectivity index (χ4n) is 1.94. The number of carbonyl (C=O) groups excluding carboxylic acids is 1. The summed E-state index contributed by atoms with van der Waals surface area (Å²) in [5.41, 5.74) is 1.48. The molecule has 2 aromatic rings. The van der Waals surface area contributed by atoms with E-state index in [9.17, 15) is 18.0 Å². The van der Waals surface area contributed by atoms with Gasteiger partial charge in [-0.15, -0.1) is 0 Å². The van der Waals surface area contributed by atoms with Crippen molar-refractivity contribution in [3.05, 3.63) is 53.3 Å². The summed E-state index contributed by atoms with van der Waals surface area (Å²) < 4.78 is 38.0. The molecule has 122 valence electrons. The Morgan fingerprint density at radius 2 is 1.91 bits per heavy atom. The van der Waals surface area contributed by atoms with Gasteiger partial charge in [-0.25, -0.2) is 0 Å². The topological polar surface area (TPSA) is 33.2 Å². The molecular weight excluding hydrogens is 329 g/mol. The fourth-order valence-corrected chi connectivity index (χ4v) is 2.13. The van der Waals surface area contributed by atoms with Crippen LogP contribution in [0, 0.1) is 0 Å². The standard InChI is InChI=1S/C16H14ClF3N2O/c1-10(16(18,19)20)22(2)15(23)14-7-6-12(9-21-14)11-4-3-5-13(17)8-11/h3-10H,1-2H3. The highest BCUT2D eigenvalue weighted by Gasteiger charge is 2.40. The van der Waals surface area contributed by atoms with Crippen LogP contribution in [0.2, 0.25) is 5.02 Å². The van der Waals surface area contributed by atoms with E-state index < -0.39 is 18.1 Å². The van der Waals surface area contributed by atoms with E-state index in [1.807, 2.05) is 6.07 Å². The molecule has 0 aliphatic heterocycles. The smallest absolute Gasteiger partial charge is 0.329 e. The van der Waals surface area contributed by atoms with Crippen LogP contribution in [0.3, 0.4) is 0 Å². The number of rotatable bonds is 3. The molecule has 0 radical (unpaired) electrons. The van der Waals surface area contributed by atoms with E-state index in [4.69, 9.17) is 11.6 Å². The van der Waals surface area contributed by atoms with Crippen molar-refractivity contribution in [1.29, 1.82) is 0 Å². The molecule has 0 bridgehead atoms. The highest BCUT2D eigenvalue weighted by Crippen LogP contribution is 2.25.